The second-order valence-electron chi connectivity index (χ2n) is 7.25. The monoisotopic (exact) mass is 350 g/mol. The number of carbonyl (C=O) groups excluding carboxylic acids is 1. The fourth-order valence-corrected chi connectivity index (χ4v) is 4.56. The Balaban J connectivity index is 0.00000169. The molecule has 1 aliphatic carbocycles. The zero-order valence-corrected chi connectivity index (χ0v) is 14.9. The zero-order chi connectivity index (χ0) is 15.7. The second kappa shape index (κ2) is 7.42. The van der Waals surface area contributed by atoms with Crippen molar-refractivity contribution in [1.29, 1.82) is 0 Å². The summed E-state index contributed by atoms with van der Waals surface area (Å²) < 4.78 is 5.45. The Morgan fingerprint density at radius 3 is 2.79 bits per heavy atom. The number of ether oxygens (including phenoxy) is 1. The summed E-state index contributed by atoms with van der Waals surface area (Å²) in [6.45, 7) is 4.09. The van der Waals surface area contributed by atoms with E-state index in [1.807, 2.05) is 0 Å². The van der Waals surface area contributed by atoms with Gasteiger partial charge in [-0.05, 0) is 42.2 Å². The first-order valence-corrected chi connectivity index (χ1v) is 8.94. The Bertz CT molecular complexity index is 578. The van der Waals surface area contributed by atoms with Gasteiger partial charge in [0.1, 0.15) is 0 Å². The van der Waals surface area contributed by atoms with E-state index in [1.165, 1.54) is 18.4 Å². The van der Waals surface area contributed by atoms with Crippen molar-refractivity contribution in [3.05, 3.63) is 35.4 Å². The van der Waals surface area contributed by atoms with E-state index in [0.717, 1.165) is 39.1 Å². The van der Waals surface area contributed by atoms with Crippen LogP contribution in [-0.4, -0.2) is 49.7 Å². The zero-order valence-electron chi connectivity index (χ0n) is 14.1. The van der Waals surface area contributed by atoms with Gasteiger partial charge in [0.25, 0.3) is 0 Å². The van der Waals surface area contributed by atoms with E-state index in [1.54, 1.807) is 5.56 Å². The molecule has 2 saturated heterocycles. The molecule has 4 nitrogen and oxygen atoms in total. The molecule has 0 radical (unpaired) electrons. The minimum absolute atomic E-state index is 0. The lowest BCUT2D eigenvalue weighted by Gasteiger charge is -2.40. The van der Waals surface area contributed by atoms with Crippen molar-refractivity contribution in [2.45, 2.75) is 43.6 Å². The van der Waals surface area contributed by atoms with Crippen LogP contribution in [0.1, 0.15) is 36.8 Å². The van der Waals surface area contributed by atoms with Gasteiger partial charge in [0.05, 0.1) is 13.2 Å². The Kier molecular flexibility index (Phi) is 5.48. The van der Waals surface area contributed by atoms with Crippen LogP contribution in [-0.2, 0) is 21.4 Å². The molecule has 3 aliphatic rings. The average Bonchev–Trinajstić information content (AvgIpc) is 2.95. The molecule has 1 unspecified atom stereocenters. The van der Waals surface area contributed by atoms with Crippen LogP contribution in [0.3, 0.4) is 0 Å². The molecule has 4 rings (SSSR count). The molecule has 0 aromatic heterocycles. The Hall–Kier alpha value is -1.10. The van der Waals surface area contributed by atoms with Gasteiger partial charge >= 0.3 is 0 Å². The van der Waals surface area contributed by atoms with Crippen molar-refractivity contribution in [2.24, 2.45) is 0 Å². The maximum Gasteiger partial charge on any atom is 0.224 e. The largest absolute Gasteiger partial charge is 0.378 e. The second-order valence-corrected chi connectivity index (χ2v) is 7.25. The van der Waals surface area contributed by atoms with E-state index in [-0.39, 0.29) is 24.4 Å². The third-order valence-corrected chi connectivity index (χ3v) is 5.95. The first kappa shape index (κ1) is 17.7. The quantitative estimate of drug-likeness (QED) is 0.889. The lowest BCUT2D eigenvalue weighted by molar-refractivity contribution is -0.134. The summed E-state index contributed by atoms with van der Waals surface area (Å²) >= 11 is 0. The van der Waals surface area contributed by atoms with E-state index in [4.69, 9.17) is 4.74 Å². The molecule has 24 heavy (non-hydrogen) atoms. The summed E-state index contributed by atoms with van der Waals surface area (Å²) in [4.78, 5) is 14.6. The lowest BCUT2D eigenvalue weighted by Crippen LogP contribution is -2.48. The number of halogens is 1. The molecule has 1 atom stereocenters. The number of likely N-dealkylation sites (tertiary alicyclic amines) is 1. The Morgan fingerprint density at radius 2 is 2.04 bits per heavy atom. The molecular formula is C19H27ClN2O2. The molecule has 1 spiro atoms. The van der Waals surface area contributed by atoms with E-state index >= 15 is 0 Å². The van der Waals surface area contributed by atoms with Crippen molar-refractivity contribution in [1.82, 2.24) is 10.2 Å². The highest BCUT2D eigenvalue weighted by Gasteiger charge is 2.41. The highest BCUT2D eigenvalue weighted by atomic mass is 35.5. The molecule has 2 aliphatic heterocycles. The van der Waals surface area contributed by atoms with Crippen molar-refractivity contribution in [3.63, 3.8) is 0 Å². The first-order chi connectivity index (χ1) is 11.3. The molecule has 2 heterocycles. The van der Waals surface area contributed by atoms with Crippen LogP contribution in [0.25, 0.3) is 0 Å². The summed E-state index contributed by atoms with van der Waals surface area (Å²) in [7, 11) is 0. The van der Waals surface area contributed by atoms with Crippen molar-refractivity contribution in [2.75, 3.05) is 32.8 Å². The van der Waals surface area contributed by atoms with Gasteiger partial charge in [0, 0.05) is 32.1 Å². The average molecular weight is 351 g/mol. The summed E-state index contributed by atoms with van der Waals surface area (Å²) in [5, 5.41) is 3.38. The van der Waals surface area contributed by atoms with E-state index < -0.39 is 0 Å². The number of hydrogen-bond acceptors (Lipinski definition) is 3. The van der Waals surface area contributed by atoms with Gasteiger partial charge < -0.3 is 15.0 Å². The molecular weight excluding hydrogens is 324 g/mol. The van der Waals surface area contributed by atoms with E-state index in [9.17, 15) is 4.79 Å². The minimum Gasteiger partial charge on any atom is -0.378 e. The van der Waals surface area contributed by atoms with Crippen LogP contribution in [0, 0.1) is 0 Å². The molecule has 0 bridgehead atoms. The van der Waals surface area contributed by atoms with Gasteiger partial charge in [-0.2, -0.15) is 0 Å². The third kappa shape index (κ3) is 3.32. The standard InChI is InChI=1S/C19H26N2O2.ClH/c22-18(13-16-14-23-12-9-20-16)21-10-7-19(8-11-21)6-5-15-3-1-2-4-17(15)19;/h1-4,16,20H,5-14H2;1H. The molecule has 1 aromatic carbocycles. The normalized spacial score (nSPS) is 25.2. The summed E-state index contributed by atoms with van der Waals surface area (Å²) in [6.07, 6.45) is 5.26. The van der Waals surface area contributed by atoms with Crippen LogP contribution in [0.15, 0.2) is 24.3 Å². The fraction of sp³-hybridized carbons (Fsp3) is 0.632. The van der Waals surface area contributed by atoms with Crippen molar-refractivity contribution >= 4 is 18.3 Å². The van der Waals surface area contributed by atoms with Crippen LogP contribution < -0.4 is 5.32 Å². The highest BCUT2D eigenvalue weighted by molar-refractivity contribution is 5.85. The lowest BCUT2D eigenvalue weighted by atomic mass is 9.74. The van der Waals surface area contributed by atoms with Crippen LogP contribution in [0.5, 0.6) is 0 Å². The number of carbonyl (C=O) groups is 1. The third-order valence-electron chi connectivity index (χ3n) is 5.95. The molecule has 2 fully saturated rings. The number of aryl methyl sites for hydroxylation is 1. The van der Waals surface area contributed by atoms with Crippen LogP contribution >= 0.6 is 12.4 Å². The number of nitrogens with one attached hydrogen (secondary N) is 1. The minimum atomic E-state index is 0. The number of hydrogen-bond donors (Lipinski definition) is 1. The van der Waals surface area contributed by atoms with E-state index in [2.05, 4.69) is 34.5 Å². The topological polar surface area (TPSA) is 41.6 Å². The predicted octanol–water partition coefficient (Wildman–Crippen LogP) is 2.29. The first-order valence-electron chi connectivity index (χ1n) is 8.94. The van der Waals surface area contributed by atoms with Gasteiger partial charge in [0.2, 0.25) is 5.91 Å². The fourth-order valence-electron chi connectivity index (χ4n) is 4.56. The summed E-state index contributed by atoms with van der Waals surface area (Å²) in [6, 6.07) is 9.09. The summed E-state index contributed by atoms with van der Waals surface area (Å²) in [5.41, 5.74) is 3.41. The predicted molar refractivity (Wildman–Crippen MR) is 96.7 cm³/mol. The smallest absolute Gasteiger partial charge is 0.224 e. The molecule has 1 amide bonds. The van der Waals surface area contributed by atoms with Crippen LogP contribution in [0.4, 0.5) is 0 Å². The van der Waals surface area contributed by atoms with Crippen molar-refractivity contribution < 1.29 is 9.53 Å². The number of benzene rings is 1. The molecule has 5 heteroatoms. The number of piperidine rings is 1. The van der Waals surface area contributed by atoms with E-state index in [0.29, 0.717) is 18.4 Å². The van der Waals surface area contributed by atoms with Gasteiger partial charge in [-0.3, -0.25) is 4.79 Å². The maximum atomic E-state index is 12.5. The van der Waals surface area contributed by atoms with Gasteiger partial charge in [-0.1, -0.05) is 24.3 Å². The SMILES string of the molecule is Cl.O=C(CC1COCCN1)N1CCC2(CCc3ccccc32)CC1. The number of rotatable bonds is 2. The number of nitrogens with zero attached hydrogens (tertiary/aromatic N) is 1. The van der Waals surface area contributed by atoms with Crippen molar-refractivity contribution in [3.8, 4) is 0 Å². The Morgan fingerprint density at radius 1 is 1.25 bits per heavy atom. The Labute approximate surface area is 150 Å². The molecule has 132 valence electrons. The number of amides is 1. The number of morpholine rings is 1. The molecule has 0 saturated carbocycles. The summed E-state index contributed by atoms with van der Waals surface area (Å²) in [5.74, 6) is 0.286. The van der Waals surface area contributed by atoms with Crippen LogP contribution in [0.2, 0.25) is 0 Å². The van der Waals surface area contributed by atoms with Gasteiger partial charge in [-0.25, -0.2) is 0 Å². The highest BCUT2D eigenvalue weighted by Crippen LogP contribution is 2.46. The molecule has 1 aromatic rings. The molecule has 1 N–H and O–H groups in total. The van der Waals surface area contributed by atoms with Gasteiger partial charge in [-0.15, -0.1) is 12.4 Å². The van der Waals surface area contributed by atoms with Gasteiger partial charge in [0.15, 0.2) is 0 Å². The number of fused-ring (bicyclic) bond motifs is 2. The maximum absolute atomic E-state index is 12.5.